The third-order valence-corrected chi connectivity index (χ3v) is 2.71. The second-order valence-corrected chi connectivity index (χ2v) is 4.07. The molecular weight excluding hydrogens is 261 g/mol. The predicted molar refractivity (Wildman–Crippen MR) is 62.7 cm³/mol. The summed E-state index contributed by atoms with van der Waals surface area (Å²) in [5.74, 6) is -2.43. The first kappa shape index (κ1) is 13.5. The summed E-state index contributed by atoms with van der Waals surface area (Å²) < 4.78 is 40.6. The topological polar surface area (TPSA) is 64.7 Å². The number of aliphatic imine (C=N–C) groups is 1. The first-order valence-electron chi connectivity index (χ1n) is 5.59. The number of carbonyl (C=O) groups is 1. The SMILES string of the molecule is NCCC1C=Nc2ccc(OC(=O)C(F)(F)F)cc21. The van der Waals surface area contributed by atoms with E-state index >= 15 is 0 Å². The van der Waals surface area contributed by atoms with Crippen LogP contribution in [0.2, 0.25) is 0 Å². The van der Waals surface area contributed by atoms with Gasteiger partial charge in [0, 0.05) is 12.1 Å². The monoisotopic (exact) mass is 272 g/mol. The number of alkyl halides is 3. The van der Waals surface area contributed by atoms with E-state index in [4.69, 9.17) is 5.73 Å². The summed E-state index contributed by atoms with van der Waals surface area (Å²) >= 11 is 0. The number of hydrogen-bond donors (Lipinski definition) is 1. The van der Waals surface area contributed by atoms with Gasteiger partial charge in [-0.1, -0.05) is 0 Å². The van der Waals surface area contributed by atoms with Crippen LogP contribution in [-0.4, -0.2) is 24.9 Å². The lowest BCUT2D eigenvalue weighted by molar-refractivity contribution is -0.189. The molecule has 102 valence electrons. The molecular formula is C12H11F3N2O2. The summed E-state index contributed by atoms with van der Waals surface area (Å²) in [6, 6.07) is 4.19. The molecule has 0 aliphatic carbocycles. The Morgan fingerprint density at radius 3 is 2.79 bits per heavy atom. The molecule has 1 heterocycles. The van der Waals surface area contributed by atoms with Gasteiger partial charge < -0.3 is 10.5 Å². The number of esters is 1. The van der Waals surface area contributed by atoms with Gasteiger partial charge in [0.1, 0.15) is 5.75 Å². The molecule has 19 heavy (non-hydrogen) atoms. The molecule has 0 radical (unpaired) electrons. The number of hydrogen-bond acceptors (Lipinski definition) is 4. The summed E-state index contributed by atoms with van der Waals surface area (Å²) in [7, 11) is 0. The van der Waals surface area contributed by atoms with Gasteiger partial charge >= 0.3 is 12.1 Å². The van der Waals surface area contributed by atoms with Crippen LogP contribution in [0.25, 0.3) is 0 Å². The van der Waals surface area contributed by atoms with Gasteiger partial charge in [0.2, 0.25) is 0 Å². The van der Waals surface area contributed by atoms with Crippen molar-refractivity contribution in [1.29, 1.82) is 0 Å². The lowest BCUT2D eigenvalue weighted by Gasteiger charge is -2.11. The molecule has 1 aliphatic heterocycles. The molecule has 0 saturated carbocycles. The number of halogens is 3. The third kappa shape index (κ3) is 2.93. The van der Waals surface area contributed by atoms with Gasteiger partial charge in [-0.2, -0.15) is 13.2 Å². The molecule has 0 amide bonds. The zero-order chi connectivity index (χ0) is 14.0. The van der Waals surface area contributed by atoms with E-state index in [-0.39, 0.29) is 11.7 Å². The molecule has 0 saturated heterocycles. The van der Waals surface area contributed by atoms with Crippen molar-refractivity contribution in [3.63, 3.8) is 0 Å². The maximum absolute atomic E-state index is 12.1. The van der Waals surface area contributed by atoms with Gasteiger partial charge in [0.15, 0.2) is 0 Å². The Labute approximate surface area is 107 Å². The molecule has 0 fully saturated rings. The fraction of sp³-hybridized carbons (Fsp3) is 0.333. The van der Waals surface area contributed by atoms with Gasteiger partial charge in [-0.25, -0.2) is 4.79 Å². The highest BCUT2D eigenvalue weighted by molar-refractivity contribution is 5.82. The van der Waals surface area contributed by atoms with Crippen LogP contribution in [0.1, 0.15) is 17.9 Å². The van der Waals surface area contributed by atoms with E-state index < -0.39 is 12.1 Å². The van der Waals surface area contributed by atoms with E-state index in [2.05, 4.69) is 9.73 Å². The fourth-order valence-electron chi connectivity index (χ4n) is 1.84. The highest BCUT2D eigenvalue weighted by atomic mass is 19.4. The Hall–Kier alpha value is -1.89. The number of nitrogens with zero attached hydrogens (tertiary/aromatic N) is 1. The van der Waals surface area contributed by atoms with Crippen molar-refractivity contribution in [3.05, 3.63) is 23.8 Å². The van der Waals surface area contributed by atoms with E-state index in [1.807, 2.05) is 0 Å². The Morgan fingerprint density at radius 1 is 1.42 bits per heavy atom. The van der Waals surface area contributed by atoms with E-state index in [0.717, 1.165) is 5.56 Å². The number of carbonyl (C=O) groups excluding carboxylic acids is 1. The average molecular weight is 272 g/mol. The van der Waals surface area contributed by atoms with E-state index in [1.165, 1.54) is 18.2 Å². The summed E-state index contributed by atoms with van der Waals surface area (Å²) in [5, 5.41) is 0. The quantitative estimate of drug-likeness (QED) is 0.678. The van der Waals surface area contributed by atoms with Gasteiger partial charge in [-0.05, 0) is 36.7 Å². The van der Waals surface area contributed by atoms with Crippen LogP contribution >= 0.6 is 0 Å². The number of benzene rings is 1. The molecule has 1 aliphatic rings. The van der Waals surface area contributed by atoms with Gasteiger partial charge in [0.25, 0.3) is 0 Å². The molecule has 1 aromatic rings. The maximum atomic E-state index is 12.1. The van der Waals surface area contributed by atoms with Crippen molar-refractivity contribution in [2.45, 2.75) is 18.5 Å². The van der Waals surface area contributed by atoms with E-state index in [1.54, 1.807) is 6.21 Å². The van der Waals surface area contributed by atoms with Crippen molar-refractivity contribution in [3.8, 4) is 5.75 Å². The van der Waals surface area contributed by atoms with Crippen LogP contribution in [0, 0.1) is 0 Å². The standard InChI is InChI=1S/C12H11F3N2O2/c13-12(14,15)11(18)19-8-1-2-10-9(5-8)7(3-4-16)6-17-10/h1-2,5-7H,3-4,16H2. The largest absolute Gasteiger partial charge is 0.491 e. The summed E-state index contributed by atoms with van der Waals surface area (Å²) in [5.41, 5.74) is 6.82. The maximum Gasteiger partial charge on any atom is 0.491 e. The molecule has 4 nitrogen and oxygen atoms in total. The van der Waals surface area contributed by atoms with Crippen molar-refractivity contribution < 1.29 is 22.7 Å². The normalized spacial score (nSPS) is 17.4. The molecule has 2 N–H and O–H groups in total. The Kier molecular flexibility index (Phi) is 3.57. The van der Waals surface area contributed by atoms with E-state index in [9.17, 15) is 18.0 Å². The zero-order valence-electron chi connectivity index (χ0n) is 9.78. The highest BCUT2D eigenvalue weighted by Gasteiger charge is 2.41. The van der Waals surface area contributed by atoms with Crippen LogP contribution in [-0.2, 0) is 4.79 Å². The van der Waals surface area contributed by atoms with Crippen molar-refractivity contribution in [2.75, 3.05) is 6.54 Å². The third-order valence-electron chi connectivity index (χ3n) is 2.71. The Morgan fingerprint density at radius 2 is 2.16 bits per heavy atom. The minimum Gasteiger partial charge on any atom is -0.420 e. The number of ether oxygens (including phenoxy) is 1. The van der Waals surface area contributed by atoms with Crippen LogP contribution in [0.4, 0.5) is 18.9 Å². The summed E-state index contributed by atoms with van der Waals surface area (Å²) in [6.07, 6.45) is -2.69. The molecule has 0 bridgehead atoms. The van der Waals surface area contributed by atoms with E-state index in [0.29, 0.717) is 18.7 Å². The number of nitrogens with two attached hydrogens (primary N) is 1. The highest BCUT2D eigenvalue weighted by Crippen LogP contribution is 2.36. The fourth-order valence-corrected chi connectivity index (χ4v) is 1.84. The second kappa shape index (κ2) is 5.00. The van der Waals surface area contributed by atoms with Crippen molar-refractivity contribution >= 4 is 17.9 Å². The van der Waals surface area contributed by atoms with Crippen LogP contribution in [0.15, 0.2) is 23.2 Å². The zero-order valence-corrected chi connectivity index (χ0v) is 9.78. The van der Waals surface area contributed by atoms with Crippen molar-refractivity contribution in [1.82, 2.24) is 0 Å². The summed E-state index contributed by atoms with van der Waals surface area (Å²) in [4.78, 5) is 14.9. The Bertz CT molecular complexity index is 526. The van der Waals surface area contributed by atoms with Gasteiger partial charge in [0.05, 0.1) is 5.69 Å². The van der Waals surface area contributed by atoms with Gasteiger partial charge in [-0.15, -0.1) is 0 Å². The number of rotatable bonds is 3. The molecule has 1 aromatic carbocycles. The first-order chi connectivity index (χ1) is 8.91. The molecule has 7 heteroatoms. The molecule has 0 spiro atoms. The lowest BCUT2D eigenvalue weighted by atomic mass is 9.98. The van der Waals surface area contributed by atoms with Crippen LogP contribution < -0.4 is 10.5 Å². The lowest BCUT2D eigenvalue weighted by Crippen LogP contribution is -2.28. The molecule has 2 rings (SSSR count). The Balaban J connectivity index is 2.18. The minimum atomic E-state index is -5.01. The molecule has 1 atom stereocenters. The smallest absolute Gasteiger partial charge is 0.420 e. The van der Waals surface area contributed by atoms with Crippen LogP contribution in [0.3, 0.4) is 0 Å². The van der Waals surface area contributed by atoms with Crippen LogP contribution in [0.5, 0.6) is 5.75 Å². The minimum absolute atomic E-state index is 0.0514. The predicted octanol–water partition coefficient (Wildman–Crippen LogP) is 2.30. The summed E-state index contributed by atoms with van der Waals surface area (Å²) in [6.45, 7) is 0.433. The van der Waals surface area contributed by atoms with Gasteiger partial charge in [-0.3, -0.25) is 4.99 Å². The van der Waals surface area contributed by atoms with Crippen molar-refractivity contribution in [2.24, 2.45) is 10.7 Å². The second-order valence-electron chi connectivity index (χ2n) is 4.07. The average Bonchev–Trinajstić information content (AvgIpc) is 2.71. The number of fused-ring (bicyclic) bond motifs is 1. The molecule has 0 aromatic heterocycles. The first-order valence-corrected chi connectivity index (χ1v) is 5.59. The molecule has 1 unspecified atom stereocenters.